The van der Waals surface area contributed by atoms with Crippen LogP contribution in [0, 0.1) is 5.82 Å². The van der Waals surface area contributed by atoms with Crippen molar-refractivity contribution in [1.29, 1.82) is 0 Å². The minimum atomic E-state index is -4.97. The summed E-state index contributed by atoms with van der Waals surface area (Å²) < 4.78 is 49.5. The van der Waals surface area contributed by atoms with Crippen molar-refractivity contribution in [3.63, 3.8) is 0 Å². The Bertz CT molecular complexity index is 407. The third kappa shape index (κ3) is 2.59. The maximum absolute atomic E-state index is 13.3. The summed E-state index contributed by atoms with van der Waals surface area (Å²) in [7, 11) is 0. The molecule has 0 radical (unpaired) electrons. The molecule has 0 amide bonds. The standard InChI is InChI=1S/C11H10F4O/c1-6(2)8-4-3-7(5-9(8)12)10(16)11(13,14)15/h3-6H,1-2H3. The van der Waals surface area contributed by atoms with Crippen LogP contribution in [0.15, 0.2) is 18.2 Å². The number of Topliss-reactive ketones (excluding diaryl/α,β-unsaturated/α-hetero) is 1. The van der Waals surface area contributed by atoms with Crippen LogP contribution >= 0.6 is 0 Å². The van der Waals surface area contributed by atoms with Gasteiger partial charge in [-0.15, -0.1) is 0 Å². The van der Waals surface area contributed by atoms with Gasteiger partial charge < -0.3 is 0 Å². The van der Waals surface area contributed by atoms with E-state index in [0.717, 1.165) is 6.07 Å². The zero-order valence-corrected chi connectivity index (χ0v) is 8.73. The van der Waals surface area contributed by atoms with Crippen LogP contribution in [0.1, 0.15) is 35.7 Å². The second-order valence-electron chi connectivity index (χ2n) is 3.72. The summed E-state index contributed by atoms with van der Waals surface area (Å²) in [6.07, 6.45) is -4.97. The lowest BCUT2D eigenvalue weighted by Crippen LogP contribution is -2.22. The van der Waals surface area contributed by atoms with Crippen LogP contribution in [-0.2, 0) is 0 Å². The number of hydrogen-bond acceptors (Lipinski definition) is 1. The first-order valence-corrected chi connectivity index (χ1v) is 4.64. The molecule has 0 aliphatic carbocycles. The molecular weight excluding hydrogens is 224 g/mol. The van der Waals surface area contributed by atoms with Gasteiger partial charge in [0.1, 0.15) is 5.82 Å². The van der Waals surface area contributed by atoms with Crippen molar-refractivity contribution in [3.05, 3.63) is 35.1 Å². The molecule has 0 saturated carbocycles. The fourth-order valence-corrected chi connectivity index (χ4v) is 1.30. The molecule has 1 aromatic rings. The molecule has 5 heteroatoms. The lowest BCUT2D eigenvalue weighted by Gasteiger charge is -2.09. The molecule has 0 atom stereocenters. The van der Waals surface area contributed by atoms with Crippen LogP contribution in [0.4, 0.5) is 17.6 Å². The first-order chi connectivity index (χ1) is 7.23. The Kier molecular flexibility index (Phi) is 3.35. The molecule has 0 heterocycles. The second kappa shape index (κ2) is 4.23. The molecule has 0 spiro atoms. The Hall–Kier alpha value is -1.39. The average molecular weight is 234 g/mol. The highest BCUT2D eigenvalue weighted by molar-refractivity contribution is 6.00. The molecule has 0 unspecified atom stereocenters. The summed E-state index contributed by atoms with van der Waals surface area (Å²) in [5, 5.41) is 0. The fourth-order valence-electron chi connectivity index (χ4n) is 1.30. The number of halogens is 4. The minimum Gasteiger partial charge on any atom is -0.284 e. The summed E-state index contributed by atoms with van der Waals surface area (Å²) in [4.78, 5) is 10.8. The fraction of sp³-hybridized carbons (Fsp3) is 0.364. The van der Waals surface area contributed by atoms with Gasteiger partial charge in [-0.25, -0.2) is 4.39 Å². The minimum absolute atomic E-state index is 0.143. The van der Waals surface area contributed by atoms with Crippen molar-refractivity contribution < 1.29 is 22.4 Å². The molecule has 0 aromatic heterocycles. The Morgan fingerprint density at radius 3 is 2.19 bits per heavy atom. The number of ketones is 1. The molecule has 0 saturated heterocycles. The molecule has 1 rings (SSSR count). The molecule has 0 N–H and O–H groups in total. The summed E-state index contributed by atoms with van der Waals surface area (Å²) >= 11 is 0. The summed E-state index contributed by atoms with van der Waals surface area (Å²) in [5.41, 5.74) is -0.381. The van der Waals surface area contributed by atoms with Gasteiger partial charge in [0.15, 0.2) is 0 Å². The Labute approximate surface area is 90.1 Å². The smallest absolute Gasteiger partial charge is 0.284 e. The maximum atomic E-state index is 13.3. The van der Waals surface area contributed by atoms with Gasteiger partial charge in [0, 0.05) is 5.56 Å². The quantitative estimate of drug-likeness (QED) is 0.563. The predicted octanol–water partition coefficient (Wildman–Crippen LogP) is 3.69. The van der Waals surface area contributed by atoms with Crippen molar-refractivity contribution >= 4 is 5.78 Å². The number of rotatable bonds is 2. The van der Waals surface area contributed by atoms with Gasteiger partial charge in [-0.05, 0) is 17.5 Å². The van der Waals surface area contributed by atoms with Gasteiger partial charge >= 0.3 is 6.18 Å². The van der Waals surface area contributed by atoms with Crippen LogP contribution in [0.5, 0.6) is 0 Å². The zero-order chi connectivity index (χ0) is 12.5. The van der Waals surface area contributed by atoms with Gasteiger partial charge in [-0.1, -0.05) is 26.0 Å². The van der Waals surface area contributed by atoms with E-state index in [9.17, 15) is 22.4 Å². The number of hydrogen-bond donors (Lipinski definition) is 0. The largest absolute Gasteiger partial charge is 0.454 e. The predicted molar refractivity (Wildman–Crippen MR) is 50.9 cm³/mol. The topological polar surface area (TPSA) is 17.1 Å². The molecule has 0 aliphatic heterocycles. The lowest BCUT2D eigenvalue weighted by atomic mass is 9.99. The van der Waals surface area contributed by atoms with E-state index in [-0.39, 0.29) is 5.92 Å². The highest BCUT2D eigenvalue weighted by Crippen LogP contribution is 2.24. The van der Waals surface area contributed by atoms with E-state index < -0.39 is 23.3 Å². The van der Waals surface area contributed by atoms with Crippen LogP contribution in [0.3, 0.4) is 0 Å². The Balaban J connectivity index is 3.12. The normalized spacial score (nSPS) is 11.9. The molecule has 1 aromatic carbocycles. The van der Waals surface area contributed by atoms with E-state index in [1.807, 2.05) is 0 Å². The highest BCUT2D eigenvalue weighted by atomic mass is 19.4. The summed E-state index contributed by atoms with van der Waals surface area (Å²) in [6, 6.07) is 2.83. The van der Waals surface area contributed by atoms with Crippen molar-refractivity contribution in [2.24, 2.45) is 0 Å². The maximum Gasteiger partial charge on any atom is 0.454 e. The van der Waals surface area contributed by atoms with E-state index in [4.69, 9.17) is 0 Å². The third-order valence-electron chi connectivity index (χ3n) is 2.14. The van der Waals surface area contributed by atoms with Crippen molar-refractivity contribution in [3.8, 4) is 0 Å². The zero-order valence-electron chi connectivity index (χ0n) is 8.73. The van der Waals surface area contributed by atoms with Crippen molar-refractivity contribution in [1.82, 2.24) is 0 Å². The van der Waals surface area contributed by atoms with Crippen molar-refractivity contribution in [2.75, 3.05) is 0 Å². The van der Waals surface area contributed by atoms with Gasteiger partial charge in [0.05, 0.1) is 0 Å². The third-order valence-corrected chi connectivity index (χ3v) is 2.14. The Morgan fingerprint density at radius 2 is 1.81 bits per heavy atom. The van der Waals surface area contributed by atoms with Gasteiger partial charge in [-0.2, -0.15) is 13.2 Å². The first-order valence-electron chi connectivity index (χ1n) is 4.64. The first kappa shape index (κ1) is 12.7. The molecule has 1 nitrogen and oxygen atoms in total. The van der Waals surface area contributed by atoms with Crippen LogP contribution < -0.4 is 0 Å². The number of carbonyl (C=O) groups excluding carboxylic acids is 1. The monoisotopic (exact) mass is 234 g/mol. The van der Waals surface area contributed by atoms with Gasteiger partial charge in [0.2, 0.25) is 0 Å². The lowest BCUT2D eigenvalue weighted by molar-refractivity contribution is -0.0885. The number of benzene rings is 1. The highest BCUT2D eigenvalue weighted by Gasteiger charge is 2.39. The average Bonchev–Trinajstić information content (AvgIpc) is 2.14. The van der Waals surface area contributed by atoms with E-state index in [1.165, 1.54) is 6.07 Å². The second-order valence-corrected chi connectivity index (χ2v) is 3.72. The SMILES string of the molecule is CC(C)c1ccc(C(=O)C(F)(F)F)cc1F. The van der Waals surface area contributed by atoms with Crippen LogP contribution in [-0.4, -0.2) is 12.0 Å². The number of carbonyl (C=O) groups is 1. The van der Waals surface area contributed by atoms with Crippen LogP contribution in [0.25, 0.3) is 0 Å². The summed E-state index contributed by atoms with van der Waals surface area (Å²) in [6.45, 7) is 3.42. The molecular formula is C11H10F4O. The van der Waals surface area contributed by atoms with E-state index >= 15 is 0 Å². The Morgan fingerprint density at radius 1 is 1.25 bits per heavy atom. The summed E-state index contributed by atoms with van der Waals surface area (Å²) in [5.74, 6) is -2.96. The molecule has 16 heavy (non-hydrogen) atoms. The molecule has 0 aliphatic rings. The van der Waals surface area contributed by atoms with Crippen LogP contribution in [0.2, 0.25) is 0 Å². The van der Waals surface area contributed by atoms with E-state index in [0.29, 0.717) is 11.6 Å². The van der Waals surface area contributed by atoms with Gasteiger partial charge in [-0.3, -0.25) is 4.79 Å². The van der Waals surface area contributed by atoms with E-state index in [2.05, 4.69) is 0 Å². The number of alkyl halides is 3. The van der Waals surface area contributed by atoms with Gasteiger partial charge in [0.25, 0.3) is 5.78 Å². The molecule has 0 fully saturated rings. The van der Waals surface area contributed by atoms with E-state index in [1.54, 1.807) is 13.8 Å². The van der Waals surface area contributed by atoms with Crippen molar-refractivity contribution in [2.45, 2.75) is 25.9 Å². The molecule has 0 bridgehead atoms. The molecule has 88 valence electrons.